The lowest BCUT2D eigenvalue weighted by Crippen LogP contribution is -2.40. The molecule has 7 heteroatoms. The minimum absolute atomic E-state index is 0.0727. The number of ketones is 1. The topological polar surface area (TPSA) is 121 Å². The third-order valence-corrected chi connectivity index (χ3v) is 6.46. The zero-order valence-corrected chi connectivity index (χ0v) is 22.2. The van der Waals surface area contributed by atoms with Crippen LogP contribution in [0.15, 0.2) is 0 Å². The zero-order chi connectivity index (χ0) is 26.2. The monoisotopic (exact) mass is 497 g/mol. The first-order valence-electron chi connectivity index (χ1n) is 14.1. The molecule has 0 aromatic rings. The van der Waals surface area contributed by atoms with Crippen LogP contribution < -0.4 is 5.32 Å². The third-order valence-electron chi connectivity index (χ3n) is 6.46. The van der Waals surface area contributed by atoms with Crippen molar-refractivity contribution in [3.05, 3.63) is 0 Å². The highest BCUT2D eigenvalue weighted by Crippen LogP contribution is 2.15. The zero-order valence-electron chi connectivity index (χ0n) is 22.2. The number of Topliss-reactive ketones (excluding diaryl/α,β-unsaturated/α-hetero) is 1. The Morgan fingerprint density at radius 1 is 0.543 bits per heavy atom. The van der Waals surface area contributed by atoms with Gasteiger partial charge in [-0.05, 0) is 26.2 Å². The summed E-state index contributed by atoms with van der Waals surface area (Å²) in [5.74, 6) is -2.08. The van der Waals surface area contributed by atoms with Crippen molar-refractivity contribution in [1.82, 2.24) is 5.32 Å². The fourth-order valence-electron chi connectivity index (χ4n) is 4.26. The van der Waals surface area contributed by atoms with Gasteiger partial charge in [0.25, 0.3) is 0 Å². The van der Waals surface area contributed by atoms with E-state index in [9.17, 15) is 19.2 Å². The molecule has 1 amide bonds. The number of amides is 1. The fourth-order valence-corrected chi connectivity index (χ4v) is 4.26. The summed E-state index contributed by atoms with van der Waals surface area (Å²) in [6.45, 7) is 1.42. The molecule has 0 bridgehead atoms. The number of unbranched alkanes of at least 4 members (excludes halogenated alkanes) is 17. The van der Waals surface area contributed by atoms with E-state index in [1.807, 2.05) is 0 Å². The van der Waals surface area contributed by atoms with Gasteiger partial charge >= 0.3 is 11.9 Å². The Labute approximate surface area is 212 Å². The van der Waals surface area contributed by atoms with Crippen molar-refractivity contribution in [1.29, 1.82) is 0 Å². The second-order valence-electron chi connectivity index (χ2n) is 9.96. The first-order valence-corrected chi connectivity index (χ1v) is 14.1. The van der Waals surface area contributed by atoms with Gasteiger partial charge in [-0.2, -0.15) is 0 Å². The summed E-state index contributed by atoms with van der Waals surface area (Å²) in [6.07, 6.45) is 22.3. The summed E-state index contributed by atoms with van der Waals surface area (Å²) in [6, 6.07) is -0.973. The number of rotatable bonds is 26. The molecule has 0 saturated heterocycles. The van der Waals surface area contributed by atoms with Crippen LogP contribution in [-0.4, -0.2) is 39.9 Å². The molecule has 0 unspecified atom stereocenters. The van der Waals surface area contributed by atoms with E-state index < -0.39 is 18.0 Å². The molecule has 0 heterocycles. The van der Waals surface area contributed by atoms with Gasteiger partial charge in [0.1, 0.15) is 11.8 Å². The Balaban J connectivity index is 3.35. The molecule has 0 aromatic heterocycles. The van der Waals surface area contributed by atoms with E-state index in [0.717, 1.165) is 32.1 Å². The predicted molar refractivity (Wildman–Crippen MR) is 139 cm³/mol. The van der Waals surface area contributed by atoms with Crippen molar-refractivity contribution in [2.45, 2.75) is 154 Å². The summed E-state index contributed by atoms with van der Waals surface area (Å²) in [7, 11) is 0. The van der Waals surface area contributed by atoms with Gasteiger partial charge in [0.15, 0.2) is 0 Å². The standard InChI is InChI=1S/C28H51NO6/c1-24(30)22-23-25(28(34)35)29-26(31)20-18-16-14-12-10-8-6-4-2-3-5-7-9-11-13-15-17-19-21-27(32)33/h25H,2-23H2,1H3,(H,29,31)(H,32,33)(H,34,35)/t25-/m0/s1. The van der Waals surface area contributed by atoms with E-state index in [2.05, 4.69) is 5.32 Å². The smallest absolute Gasteiger partial charge is 0.326 e. The van der Waals surface area contributed by atoms with Crippen LogP contribution in [0.25, 0.3) is 0 Å². The molecule has 0 aliphatic carbocycles. The molecule has 204 valence electrons. The van der Waals surface area contributed by atoms with E-state index in [0.29, 0.717) is 12.8 Å². The molecule has 0 radical (unpaired) electrons. The molecule has 0 fully saturated rings. The fraction of sp³-hybridized carbons (Fsp3) is 0.857. The van der Waals surface area contributed by atoms with Crippen molar-refractivity contribution in [3.63, 3.8) is 0 Å². The summed E-state index contributed by atoms with van der Waals surface area (Å²) in [4.78, 5) is 44.6. The number of carbonyl (C=O) groups excluding carboxylic acids is 2. The molecule has 0 aliphatic rings. The lowest BCUT2D eigenvalue weighted by atomic mass is 10.0. The van der Waals surface area contributed by atoms with Gasteiger partial charge in [0, 0.05) is 19.3 Å². The van der Waals surface area contributed by atoms with Gasteiger partial charge in [-0.1, -0.05) is 103 Å². The van der Waals surface area contributed by atoms with Crippen LogP contribution in [0, 0.1) is 0 Å². The molecular weight excluding hydrogens is 446 g/mol. The Kier molecular flexibility index (Phi) is 22.5. The molecule has 0 aliphatic heterocycles. The molecule has 1 atom stereocenters. The second kappa shape index (κ2) is 23.8. The largest absolute Gasteiger partial charge is 0.481 e. The van der Waals surface area contributed by atoms with Gasteiger partial charge in [-0.25, -0.2) is 4.79 Å². The molecule has 0 saturated carbocycles. The Hall–Kier alpha value is -1.92. The second-order valence-corrected chi connectivity index (χ2v) is 9.96. The minimum atomic E-state index is -1.09. The maximum Gasteiger partial charge on any atom is 0.326 e. The van der Waals surface area contributed by atoms with Crippen LogP contribution in [0.2, 0.25) is 0 Å². The van der Waals surface area contributed by atoms with E-state index >= 15 is 0 Å². The van der Waals surface area contributed by atoms with Crippen molar-refractivity contribution in [3.8, 4) is 0 Å². The highest BCUT2D eigenvalue weighted by molar-refractivity contribution is 5.84. The molecule has 0 rings (SSSR count). The van der Waals surface area contributed by atoms with Gasteiger partial charge in [-0.15, -0.1) is 0 Å². The molecule has 7 nitrogen and oxygen atoms in total. The minimum Gasteiger partial charge on any atom is -0.481 e. The summed E-state index contributed by atoms with van der Waals surface area (Å²) < 4.78 is 0. The maximum atomic E-state index is 11.9. The van der Waals surface area contributed by atoms with E-state index in [1.54, 1.807) is 0 Å². The average molecular weight is 498 g/mol. The molecule has 3 N–H and O–H groups in total. The SMILES string of the molecule is CC(=O)CC[C@H](NC(=O)CCCCCCCCCCCCCCCCCCCCC(=O)O)C(=O)O. The predicted octanol–water partition coefficient (Wildman–Crippen LogP) is 6.81. The maximum absolute atomic E-state index is 11.9. The van der Waals surface area contributed by atoms with Crippen LogP contribution in [0.4, 0.5) is 0 Å². The van der Waals surface area contributed by atoms with Crippen LogP contribution in [0.1, 0.15) is 148 Å². The highest BCUT2D eigenvalue weighted by Gasteiger charge is 2.19. The lowest BCUT2D eigenvalue weighted by Gasteiger charge is -2.13. The van der Waals surface area contributed by atoms with Crippen LogP contribution >= 0.6 is 0 Å². The van der Waals surface area contributed by atoms with Gasteiger partial charge in [0.2, 0.25) is 5.91 Å². The van der Waals surface area contributed by atoms with Crippen LogP contribution in [0.3, 0.4) is 0 Å². The van der Waals surface area contributed by atoms with Crippen molar-refractivity contribution >= 4 is 23.6 Å². The molecule has 0 spiro atoms. The van der Waals surface area contributed by atoms with Crippen molar-refractivity contribution < 1.29 is 29.4 Å². The number of carboxylic acid groups (broad SMARTS) is 2. The Morgan fingerprint density at radius 3 is 1.20 bits per heavy atom. The van der Waals surface area contributed by atoms with E-state index in [4.69, 9.17) is 10.2 Å². The first kappa shape index (κ1) is 33.1. The molecular formula is C28H51NO6. The summed E-state index contributed by atoms with van der Waals surface area (Å²) in [5.41, 5.74) is 0. The number of hydrogen-bond acceptors (Lipinski definition) is 4. The number of carbonyl (C=O) groups is 4. The van der Waals surface area contributed by atoms with Crippen molar-refractivity contribution in [2.24, 2.45) is 0 Å². The molecule has 0 aromatic carbocycles. The van der Waals surface area contributed by atoms with E-state index in [1.165, 1.54) is 90.4 Å². The number of nitrogens with one attached hydrogen (secondary N) is 1. The first-order chi connectivity index (χ1) is 16.8. The normalized spacial score (nSPS) is 11.8. The van der Waals surface area contributed by atoms with Crippen LogP contribution in [-0.2, 0) is 19.2 Å². The highest BCUT2D eigenvalue weighted by atomic mass is 16.4. The Morgan fingerprint density at radius 2 is 0.886 bits per heavy atom. The summed E-state index contributed by atoms with van der Waals surface area (Å²) >= 11 is 0. The number of carboxylic acids is 2. The van der Waals surface area contributed by atoms with Crippen LogP contribution in [0.5, 0.6) is 0 Å². The van der Waals surface area contributed by atoms with Gasteiger partial charge < -0.3 is 20.3 Å². The molecule has 35 heavy (non-hydrogen) atoms. The van der Waals surface area contributed by atoms with Gasteiger partial charge in [0.05, 0.1) is 0 Å². The van der Waals surface area contributed by atoms with E-state index in [-0.39, 0.29) is 24.5 Å². The average Bonchev–Trinajstić information content (AvgIpc) is 2.79. The quantitative estimate of drug-likeness (QED) is 0.113. The number of hydrogen-bond donors (Lipinski definition) is 3. The van der Waals surface area contributed by atoms with Crippen molar-refractivity contribution in [2.75, 3.05) is 0 Å². The Bertz CT molecular complexity index is 578. The van der Waals surface area contributed by atoms with Gasteiger partial charge in [-0.3, -0.25) is 9.59 Å². The summed E-state index contributed by atoms with van der Waals surface area (Å²) in [5, 5.41) is 20.3. The number of aliphatic carboxylic acids is 2. The lowest BCUT2D eigenvalue weighted by molar-refractivity contribution is -0.142. The third kappa shape index (κ3) is 25.0.